The Morgan fingerprint density at radius 3 is 2.46 bits per heavy atom. The molecule has 1 amide bonds. The third-order valence-corrected chi connectivity index (χ3v) is 2.82. The number of amides is 1. The summed E-state index contributed by atoms with van der Waals surface area (Å²) in [4.78, 5) is 10.8. The highest BCUT2D eigenvalue weighted by molar-refractivity contribution is 7.81. The molecular weight excluding hydrogens is 229 g/mol. The Balaban J connectivity index is 3.03. The Labute approximate surface area is 91.4 Å². The van der Waals surface area contributed by atoms with E-state index in [1.165, 1.54) is 0 Å². The van der Waals surface area contributed by atoms with Crippen molar-refractivity contribution in [2.45, 2.75) is 5.25 Å². The summed E-state index contributed by atoms with van der Waals surface area (Å²) < 4.78 is 0. The number of halogens is 2. The third-order valence-electron chi connectivity index (χ3n) is 1.53. The minimum atomic E-state index is -0.644. The van der Waals surface area contributed by atoms with Crippen LogP contribution in [-0.4, -0.2) is 5.91 Å². The summed E-state index contributed by atoms with van der Waals surface area (Å²) in [5, 5.41) is 0.185. The van der Waals surface area contributed by atoms with Crippen molar-refractivity contribution in [2.24, 2.45) is 5.73 Å². The smallest absolute Gasteiger partial charge is 0.234 e. The Hall–Kier alpha value is -0.380. The molecule has 0 aliphatic heterocycles. The van der Waals surface area contributed by atoms with Crippen LogP contribution >= 0.6 is 35.8 Å². The molecule has 1 rings (SSSR count). The second-order valence-electron chi connectivity index (χ2n) is 2.48. The van der Waals surface area contributed by atoms with Gasteiger partial charge in [0, 0.05) is 0 Å². The van der Waals surface area contributed by atoms with E-state index in [1.54, 1.807) is 18.2 Å². The van der Waals surface area contributed by atoms with Crippen LogP contribution in [0.25, 0.3) is 0 Å². The molecule has 0 fully saturated rings. The Kier molecular flexibility index (Phi) is 3.47. The molecule has 0 aliphatic carbocycles. The number of carbonyl (C=O) groups excluding carboxylic acids is 1. The maximum absolute atomic E-state index is 10.8. The van der Waals surface area contributed by atoms with Gasteiger partial charge in [-0.1, -0.05) is 29.3 Å². The fourth-order valence-electron chi connectivity index (χ4n) is 0.847. The molecule has 5 heteroatoms. The van der Waals surface area contributed by atoms with Crippen molar-refractivity contribution in [3.63, 3.8) is 0 Å². The normalized spacial score (nSPS) is 12.5. The zero-order valence-electron chi connectivity index (χ0n) is 6.50. The van der Waals surface area contributed by atoms with Gasteiger partial charge in [-0.15, -0.1) is 0 Å². The number of primary amides is 1. The van der Waals surface area contributed by atoms with E-state index in [1.807, 2.05) is 0 Å². The molecule has 2 nitrogen and oxygen atoms in total. The van der Waals surface area contributed by atoms with E-state index in [0.29, 0.717) is 15.6 Å². The van der Waals surface area contributed by atoms with E-state index in [9.17, 15) is 4.79 Å². The second kappa shape index (κ2) is 4.22. The van der Waals surface area contributed by atoms with E-state index >= 15 is 0 Å². The number of thiol groups is 1. The first-order valence-electron chi connectivity index (χ1n) is 3.44. The zero-order valence-corrected chi connectivity index (χ0v) is 8.90. The molecule has 1 aromatic rings. The fourth-order valence-corrected chi connectivity index (χ4v) is 1.31. The van der Waals surface area contributed by atoms with Crippen LogP contribution in [0, 0.1) is 0 Å². The Morgan fingerprint density at radius 2 is 2.00 bits per heavy atom. The van der Waals surface area contributed by atoms with E-state index < -0.39 is 11.2 Å². The predicted octanol–water partition coefficient (Wildman–Crippen LogP) is 2.45. The highest BCUT2D eigenvalue weighted by atomic mass is 35.5. The Morgan fingerprint density at radius 1 is 1.38 bits per heavy atom. The van der Waals surface area contributed by atoms with Gasteiger partial charge in [0.05, 0.1) is 10.0 Å². The lowest BCUT2D eigenvalue weighted by molar-refractivity contribution is -0.117. The summed E-state index contributed by atoms with van der Waals surface area (Å²) in [6, 6.07) is 4.84. The number of benzene rings is 1. The number of carbonyl (C=O) groups is 1. The van der Waals surface area contributed by atoms with Gasteiger partial charge in [-0.3, -0.25) is 4.79 Å². The van der Waals surface area contributed by atoms with Crippen LogP contribution in [0.15, 0.2) is 18.2 Å². The van der Waals surface area contributed by atoms with Gasteiger partial charge in [0.25, 0.3) is 0 Å². The molecule has 1 aromatic carbocycles. The van der Waals surface area contributed by atoms with Crippen LogP contribution in [0.1, 0.15) is 10.8 Å². The molecule has 2 N–H and O–H groups in total. The number of hydrogen-bond acceptors (Lipinski definition) is 2. The maximum atomic E-state index is 10.8. The summed E-state index contributed by atoms with van der Waals surface area (Å²) in [6.45, 7) is 0. The minimum Gasteiger partial charge on any atom is -0.368 e. The summed E-state index contributed by atoms with van der Waals surface area (Å²) in [5.41, 5.74) is 5.71. The molecule has 0 bridgehead atoms. The van der Waals surface area contributed by atoms with Gasteiger partial charge in [-0.05, 0) is 17.7 Å². The predicted molar refractivity (Wildman–Crippen MR) is 57.4 cm³/mol. The van der Waals surface area contributed by atoms with Gasteiger partial charge < -0.3 is 5.73 Å². The lowest BCUT2D eigenvalue weighted by Gasteiger charge is -2.07. The van der Waals surface area contributed by atoms with Crippen LogP contribution in [0.2, 0.25) is 10.0 Å². The molecule has 1 unspecified atom stereocenters. The average Bonchev–Trinajstić information content (AvgIpc) is 2.08. The van der Waals surface area contributed by atoms with Gasteiger partial charge in [0.2, 0.25) is 5.91 Å². The van der Waals surface area contributed by atoms with Crippen LogP contribution in [0.3, 0.4) is 0 Å². The lowest BCUT2D eigenvalue weighted by Crippen LogP contribution is -2.16. The summed E-state index contributed by atoms with van der Waals surface area (Å²) >= 11 is 15.5. The maximum Gasteiger partial charge on any atom is 0.234 e. The molecule has 0 heterocycles. The van der Waals surface area contributed by atoms with Gasteiger partial charge >= 0.3 is 0 Å². The monoisotopic (exact) mass is 235 g/mol. The number of hydrogen-bond donors (Lipinski definition) is 2. The molecule has 0 aliphatic rings. The molecule has 0 radical (unpaired) electrons. The zero-order chi connectivity index (χ0) is 10.0. The van der Waals surface area contributed by atoms with E-state index in [4.69, 9.17) is 28.9 Å². The van der Waals surface area contributed by atoms with Crippen molar-refractivity contribution >= 4 is 41.7 Å². The molecule has 1 atom stereocenters. The Bertz CT molecular complexity index is 343. The van der Waals surface area contributed by atoms with E-state index in [-0.39, 0.29) is 0 Å². The first kappa shape index (κ1) is 10.7. The first-order valence-corrected chi connectivity index (χ1v) is 4.72. The molecule has 13 heavy (non-hydrogen) atoms. The van der Waals surface area contributed by atoms with Gasteiger partial charge in [-0.2, -0.15) is 12.6 Å². The van der Waals surface area contributed by atoms with Crippen molar-refractivity contribution in [1.29, 1.82) is 0 Å². The molecular formula is C8H7Cl2NOS. The van der Waals surface area contributed by atoms with Crippen molar-refractivity contribution in [1.82, 2.24) is 0 Å². The summed E-state index contributed by atoms with van der Waals surface area (Å²) in [5.74, 6) is -0.512. The molecule has 0 saturated carbocycles. The average molecular weight is 236 g/mol. The summed E-state index contributed by atoms with van der Waals surface area (Å²) in [6.07, 6.45) is 0. The van der Waals surface area contributed by atoms with E-state index in [0.717, 1.165) is 0 Å². The lowest BCUT2D eigenvalue weighted by atomic mass is 10.1. The second-order valence-corrected chi connectivity index (χ2v) is 3.81. The van der Waals surface area contributed by atoms with Crippen LogP contribution in [0.4, 0.5) is 0 Å². The highest BCUT2D eigenvalue weighted by Crippen LogP contribution is 2.27. The quantitative estimate of drug-likeness (QED) is 0.761. The number of nitrogens with two attached hydrogens (primary N) is 1. The van der Waals surface area contributed by atoms with Gasteiger partial charge in [0.1, 0.15) is 5.25 Å². The molecule has 70 valence electrons. The van der Waals surface area contributed by atoms with E-state index in [2.05, 4.69) is 12.6 Å². The van der Waals surface area contributed by atoms with Crippen molar-refractivity contribution in [3.05, 3.63) is 33.8 Å². The minimum absolute atomic E-state index is 0.388. The highest BCUT2D eigenvalue weighted by Gasteiger charge is 2.13. The van der Waals surface area contributed by atoms with Crippen LogP contribution < -0.4 is 5.73 Å². The van der Waals surface area contributed by atoms with Gasteiger partial charge in [0.15, 0.2) is 0 Å². The standard InChI is InChI=1S/C8H7Cl2NOS/c9-5-2-1-4(3-6(5)10)7(13)8(11)12/h1-3,7,13H,(H2,11,12). The topological polar surface area (TPSA) is 43.1 Å². The van der Waals surface area contributed by atoms with Crippen molar-refractivity contribution < 1.29 is 4.79 Å². The fraction of sp³-hybridized carbons (Fsp3) is 0.125. The number of rotatable bonds is 2. The van der Waals surface area contributed by atoms with Gasteiger partial charge in [-0.25, -0.2) is 0 Å². The molecule has 0 saturated heterocycles. The van der Waals surface area contributed by atoms with Crippen molar-refractivity contribution in [2.75, 3.05) is 0 Å². The molecule has 0 spiro atoms. The largest absolute Gasteiger partial charge is 0.368 e. The summed E-state index contributed by atoms with van der Waals surface area (Å²) in [7, 11) is 0. The van der Waals surface area contributed by atoms with Crippen LogP contribution in [0.5, 0.6) is 0 Å². The third kappa shape index (κ3) is 2.53. The van der Waals surface area contributed by atoms with Crippen molar-refractivity contribution in [3.8, 4) is 0 Å². The SMILES string of the molecule is NC(=O)C(S)c1ccc(Cl)c(Cl)c1. The molecule has 0 aromatic heterocycles. The van der Waals surface area contributed by atoms with Crippen LogP contribution in [-0.2, 0) is 4.79 Å². The first-order chi connectivity index (χ1) is 6.02.